The van der Waals surface area contributed by atoms with Crippen LogP contribution in [-0.2, 0) is 10.0 Å². The highest BCUT2D eigenvalue weighted by Gasteiger charge is 2.21. The molecule has 2 rings (SSSR count). The summed E-state index contributed by atoms with van der Waals surface area (Å²) in [6.45, 7) is 5.50. The van der Waals surface area contributed by atoms with Gasteiger partial charge in [-0.2, -0.15) is 0 Å². The number of ketones is 1. The molecule has 156 valence electrons. The smallest absolute Gasteiger partial charge is 0.242 e. The summed E-state index contributed by atoms with van der Waals surface area (Å²) < 4.78 is 28.1. The topological polar surface area (TPSA) is 88.8 Å². The van der Waals surface area contributed by atoms with Gasteiger partial charge in [0.2, 0.25) is 15.9 Å². The highest BCUT2D eigenvalue weighted by molar-refractivity contribution is 7.89. The Morgan fingerprint density at radius 2 is 1.76 bits per heavy atom. The summed E-state index contributed by atoms with van der Waals surface area (Å²) in [7, 11) is -2.20. The Balaban J connectivity index is 2.03. The van der Waals surface area contributed by atoms with Crippen LogP contribution in [0.5, 0.6) is 0 Å². The third-order valence-electron chi connectivity index (χ3n) is 4.33. The minimum atomic E-state index is -3.68. The van der Waals surface area contributed by atoms with Gasteiger partial charge in [-0.05, 0) is 51.5 Å². The van der Waals surface area contributed by atoms with Crippen molar-refractivity contribution in [2.75, 3.05) is 13.6 Å². The summed E-state index contributed by atoms with van der Waals surface area (Å²) in [4.78, 5) is 28.4. The van der Waals surface area contributed by atoms with Crippen LogP contribution in [0.1, 0.15) is 48.8 Å². The maximum absolute atomic E-state index is 12.7. The van der Waals surface area contributed by atoms with Gasteiger partial charge in [0.15, 0.2) is 5.78 Å². The van der Waals surface area contributed by atoms with Crippen molar-refractivity contribution in [2.45, 2.75) is 44.6 Å². The van der Waals surface area contributed by atoms with Crippen molar-refractivity contribution in [1.82, 2.24) is 8.87 Å². The van der Waals surface area contributed by atoms with Gasteiger partial charge in [0.25, 0.3) is 0 Å². The number of pyridine rings is 1. The molecule has 0 fully saturated rings. The zero-order valence-corrected chi connectivity index (χ0v) is 18.0. The molecule has 0 amide bonds. The lowest BCUT2D eigenvalue weighted by Gasteiger charge is -2.17. The van der Waals surface area contributed by atoms with E-state index in [2.05, 4.69) is 4.99 Å². The van der Waals surface area contributed by atoms with Gasteiger partial charge in [0.05, 0.1) is 4.90 Å². The molecule has 0 bridgehead atoms. The third kappa shape index (κ3) is 5.95. The molecule has 0 aliphatic carbocycles. The normalized spacial score (nSPS) is 12.6. The molecular formula is C21H27N3O4S. The van der Waals surface area contributed by atoms with Crippen molar-refractivity contribution >= 4 is 21.7 Å². The molecule has 0 N–H and O–H groups in total. The lowest BCUT2D eigenvalue weighted by molar-refractivity contribution is 0.0892. The number of aromatic nitrogens is 1. The summed E-state index contributed by atoms with van der Waals surface area (Å²) >= 11 is 0. The van der Waals surface area contributed by atoms with Gasteiger partial charge >= 0.3 is 0 Å². The molecule has 8 heteroatoms. The van der Waals surface area contributed by atoms with Gasteiger partial charge in [0.1, 0.15) is 5.49 Å². The van der Waals surface area contributed by atoms with Crippen LogP contribution >= 0.6 is 0 Å². The second-order valence-electron chi connectivity index (χ2n) is 7.06. The van der Waals surface area contributed by atoms with E-state index in [0.29, 0.717) is 17.5 Å². The van der Waals surface area contributed by atoms with E-state index in [1.54, 1.807) is 18.3 Å². The molecule has 1 aromatic carbocycles. The first-order chi connectivity index (χ1) is 13.6. The zero-order chi connectivity index (χ0) is 21.6. The average molecular weight is 418 g/mol. The Labute approximate surface area is 171 Å². The first-order valence-electron chi connectivity index (χ1n) is 9.45. The molecule has 0 saturated heterocycles. The van der Waals surface area contributed by atoms with E-state index in [1.165, 1.54) is 47.1 Å². The van der Waals surface area contributed by atoms with Gasteiger partial charge in [-0.15, -0.1) is 0 Å². The standard InChI is InChI=1S/C21H27N3O4S/c1-16(2)22-20-8-5-6-15-24(20)21(26)9-7-14-23(4)29(27,28)19-12-10-18(11-13-19)17(3)25/h5-6,8,10-13,15-16H,7,9,14H2,1-4H3. The summed E-state index contributed by atoms with van der Waals surface area (Å²) in [6.07, 6.45) is 2.24. The Morgan fingerprint density at radius 3 is 2.34 bits per heavy atom. The average Bonchev–Trinajstić information content (AvgIpc) is 2.67. The zero-order valence-electron chi connectivity index (χ0n) is 17.2. The van der Waals surface area contributed by atoms with Gasteiger partial charge in [-0.1, -0.05) is 18.2 Å². The first-order valence-corrected chi connectivity index (χ1v) is 10.9. The molecule has 0 atom stereocenters. The predicted molar refractivity (Wildman–Crippen MR) is 111 cm³/mol. The van der Waals surface area contributed by atoms with Crippen molar-refractivity contribution in [1.29, 1.82) is 0 Å². The summed E-state index contributed by atoms with van der Waals surface area (Å²) in [5.41, 5.74) is 1.04. The third-order valence-corrected chi connectivity index (χ3v) is 6.20. The second kappa shape index (κ2) is 9.76. The van der Waals surface area contributed by atoms with Crippen LogP contribution in [0.25, 0.3) is 0 Å². The van der Waals surface area contributed by atoms with E-state index in [0.717, 1.165) is 0 Å². The number of hydrogen-bond acceptors (Lipinski definition) is 5. The number of rotatable bonds is 8. The van der Waals surface area contributed by atoms with Crippen LogP contribution < -0.4 is 5.49 Å². The molecule has 0 aliphatic rings. The summed E-state index contributed by atoms with van der Waals surface area (Å²) in [5.74, 6) is -0.260. The van der Waals surface area contributed by atoms with Crippen molar-refractivity contribution in [2.24, 2.45) is 4.99 Å². The number of sulfonamides is 1. The quantitative estimate of drug-likeness (QED) is 0.618. The summed E-state index contributed by atoms with van der Waals surface area (Å²) in [5, 5.41) is 0. The number of Topliss-reactive ketones (excluding diaryl/α,β-unsaturated/α-hetero) is 1. The molecule has 1 heterocycles. The van der Waals surface area contributed by atoms with Crippen molar-refractivity contribution in [3.63, 3.8) is 0 Å². The first kappa shape index (κ1) is 22.7. The van der Waals surface area contributed by atoms with Gasteiger partial charge in [0, 0.05) is 37.8 Å². The number of nitrogens with zero attached hydrogens (tertiary/aromatic N) is 3. The molecular weight excluding hydrogens is 390 g/mol. The SMILES string of the molecule is CC(=O)c1ccc(S(=O)(=O)N(C)CCCC(=O)n2ccccc2=NC(C)C)cc1. The maximum atomic E-state index is 12.7. The van der Waals surface area contributed by atoms with Crippen molar-refractivity contribution in [3.8, 4) is 0 Å². The maximum Gasteiger partial charge on any atom is 0.242 e. The largest absolute Gasteiger partial charge is 0.295 e. The van der Waals surface area contributed by atoms with Gasteiger partial charge < -0.3 is 0 Å². The van der Waals surface area contributed by atoms with E-state index >= 15 is 0 Å². The van der Waals surface area contributed by atoms with Crippen LogP contribution in [0, 0.1) is 0 Å². The number of benzene rings is 1. The number of carbonyl (C=O) groups excluding carboxylic acids is 2. The van der Waals surface area contributed by atoms with E-state index in [-0.39, 0.29) is 35.6 Å². The molecule has 0 unspecified atom stereocenters. The van der Waals surface area contributed by atoms with Crippen LogP contribution in [0.4, 0.5) is 0 Å². The van der Waals surface area contributed by atoms with E-state index in [4.69, 9.17) is 0 Å². The van der Waals surface area contributed by atoms with Crippen LogP contribution in [0.2, 0.25) is 0 Å². The molecule has 2 aromatic rings. The fourth-order valence-electron chi connectivity index (χ4n) is 2.75. The highest BCUT2D eigenvalue weighted by Crippen LogP contribution is 2.16. The van der Waals surface area contributed by atoms with Crippen molar-refractivity contribution in [3.05, 3.63) is 59.7 Å². The van der Waals surface area contributed by atoms with Gasteiger partial charge in [-0.3, -0.25) is 19.1 Å². The molecule has 29 heavy (non-hydrogen) atoms. The molecule has 0 spiro atoms. The Hall–Kier alpha value is -2.58. The fourth-order valence-corrected chi connectivity index (χ4v) is 3.96. The molecule has 0 aliphatic heterocycles. The van der Waals surface area contributed by atoms with Crippen molar-refractivity contribution < 1.29 is 18.0 Å². The molecule has 0 radical (unpaired) electrons. The molecule has 0 saturated carbocycles. The van der Waals surface area contributed by atoms with Crippen LogP contribution in [0.15, 0.2) is 58.5 Å². The van der Waals surface area contributed by atoms with E-state index in [9.17, 15) is 18.0 Å². The predicted octanol–water partition coefficient (Wildman–Crippen LogP) is 2.74. The Morgan fingerprint density at radius 1 is 1.10 bits per heavy atom. The minimum absolute atomic E-state index is 0.0575. The van der Waals surface area contributed by atoms with E-state index < -0.39 is 10.0 Å². The lowest BCUT2D eigenvalue weighted by Crippen LogP contribution is -2.30. The highest BCUT2D eigenvalue weighted by atomic mass is 32.2. The van der Waals surface area contributed by atoms with E-state index in [1.807, 2.05) is 19.9 Å². The second-order valence-corrected chi connectivity index (χ2v) is 9.10. The minimum Gasteiger partial charge on any atom is -0.295 e. The van der Waals surface area contributed by atoms with Crippen LogP contribution in [0.3, 0.4) is 0 Å². The molecule has 7 nitrogen and oxygen atoms in total. The molecule has 1 aromatic heterocycles. The Bertz CT molecular complexity index is 1040. The summed E-state index contributed by atoms with van der Waals surface area (Å²) in [6, 6.07) is 11.3. The fraction of sp³-hybridized carbons (Fsp3) is 0.381. The number of carbonyl (C=O) groups is 2. The lowest BCUT2D eigenvalue weighted by atomic mass is 10.2. The van der Waals surface area contributed by atoms with Gasteiger partial charge in [-0.25, -0.2) is 12.7 Å². The monoisotopic (exact) mass is 417 g/mol. The Kier molecular flexibility index (Phi) is 7.64. The number of hydrogen-bond donors (Lipinski definition) is 0. The van der Waals surface area contributed by atoms with Crippen LogP contribution in [-0.4, -0.2) is 48.6 Å².